The Labute approximate surface area is 130 Å². The van der Waals surface area contributed by atoms with Crippen molar-refractivity contribution in [1.82, 2.24) is 5.32 Å². The highest BCUT2D eigenvalue weighted by atomic mass is 16.3. The molecular formula is C19H31NO. The Bertz CT molecular complexity index is 387. The van der Waals surface area contributed by atoms with Crippen molar-refractivity contribution in [2.45, 2.75) is 70.3 Å². The fraction of sp³-hybridized carbons (Fsp3) is 0.684. The number of hydrogen-bond acceptors (Lipinski definition) is 2. The van der Waals surface area contributed by atoms with E-state index in [0.29, 0.717) is 5.92 Å². The van der Waals surface area contributed by atoms with Gasteiger partial charge in [0.2, 0.25) is 0 Å². The average molecular weight is 289 g/mol. The number of aliphatic hydroxyl groups excluding tert-OH is 1. The monoisotopic (exact) mass is 289 g/mol. The quantitative estimate of drug-likeness (QED) is 0.673. The van der Waals surface area contributed by atoms with Crippen molar-refractivity contribution in [2.24, 2.45) is 0 Å². The maximum atomic E-state index is 9.39. The molecule has 1 saturated heterocycles. The topological polar surface area (TPSA) is 32.3 Å². The van der Waals surface area contributed by atoms with E-state index < -0.39 is 0 Å². The van der Waals surface area contributed by atoms with Crippen molar-refractivity contribution in [3.8, 4) is 0 Å². The van der Waals surface area contributed by atoms with Crippen molar-refractivity contribution in [2.75, 3.05) is 13.2 Å². The summed E-state index contributed by atoms with van der Waals surface area (Å²) in [6, 6.07) is 9.36. The standard InChI is InChI=1S/C19H31NO/c1-2-3-4-5-6-7-8-16-9-11-17(12-10-16)18-13-14-20-19(18)15-21/h9-12,18-21H,2-8,13-15H2,1H3/t18-,19-/m1/s1. The van der Waals surface area contributed by atoms with Crippen LogP contribution in [0.4, 0.5) is 0 Å². The maximum Gasteiger partial charge on any atom is 0.0590 e. The molecule has 1 aliphatic rings. The molecule has 2 rings (SSSR count). The van der Waals surface area contributed by atoms with Crippen molar-refractivity contribution in [3.05, 3.63) is 35.4 Å². The molecule has 0 saturated carbocycles. The molecule has 0 aliphatic carbocycles. The molecule has 1 heterocycles. The average Bonchev–Trinajstić information content (AvgIpc) is 3.00. The first kappa shape index (κ1) is 16.5. The van der Waals surface area contributed by atoms with Gasteiger partial charge in [-0.3, -0.25) is 0 Å². The van der Waals surface area contributed by atoms with Gasteiger partial charge in [-0.2, -0.15) is 0 Å². The molecule has 1 aromatic rings. The number of rotatable bonds is 9. The minimum absolute atomic E-state index is 0.240. The molecule has 21 heavy (non-hydrogen) atoms. The van der Waals surface area contributed by atoms with Crippen LogP contribution in [0.2, 0.25) is 0 Å². The first-order valence-electron chi connectivity index (χ1n) is 8.78. The van der Waals surface area contributed by atoms with Gasteiger partial charge in [-0.1, -0.05) is 63.3 Å². The zero-order valence-corrected chi connectivity index (χ0v) is 13.5. The third-order valence-corrected chi connectivity index (χ3v) is 4.77. The molecule has 0 bridgehead atoms. The predicted molar refractivity (Wildman–Crippen MR) is 89.8 cm³/mol. The van der Waals surface area contributed by atoms with E-state index >= 15 is 0 Å². The molecule has 2 atom stereocenters. The summed E-state index contributed by atoms with van der Waals surface area (Å²) in [6.07, 6.45) is 10.5. The van der Waals surface area contributed by atoms with Gasteiger partial charge in [0.25, 0.3) is 0 Å². The summed E-state index contributed by atoms with van der Waals surface area (Å²) in [6.45, 7) is 3.53. The van der Waals surface area contributed by atoms with Gasteiger partial charge in [-0.05, 0) is 36.9 Å². The molecule has 2 nitrogen and oxygen atoms in total. The van der Waals surface area contributed by atoms with Gasteiger partial charge in [0.05, 0.1) is 6.61 Å². The maximum absolute atomic E-state index is 9.39. The fourth-order valence-corrected chi connectivity index (χ4v) is 3.40. The van der Waals surface area contributed by atoms with Gasteiger partial charge in [0.1, 0.15) is 0 Å². The van der Waals surface area contributed by atoms with Crippen LogP contribution in [-0.2, 0) is 6.42 Å². The molecule has 1 fully saturated rings. The number of unbranched alkanes of at least 4 members (excludes halogenated alkanes) is 5. The lowest BCUT2D eigenvalue weighted by Crippen LogP contribution is -2.29. The zero-order chi connectivity index (χ0) is 14.9. The molecule has 0 aromatic heterocycles. The lowest BCUT2D eigenvalue weighted by atomic mass is 9.91. The van der Waals surface area contributed by atoms with Crippen molar-refractivity contribution >= 4 is 0 Å². The van der Waals surface area contributed by atoms with Crippen LogP contribution in [-0.4, -0.2) is 24.3 Å². The number of aliphatic hydroxyl groups is 1. The predicted octanol–water partition coefficient (Wildman–Crippen LogP) is 4.03. The van der Waals surface area contributed by atoms with Crippen LogP contribution in [0.15, 0.2) is 24.3 Å². The van der Waals surface area contributed by atoms with Crippen LogP contribution in [0.3, 0.4) is 0 Å². The van der Waals surface area contributed by atoms with Gasteiger partial charge in [0.15, 0.2) is 0 Å². The summed E-state index contributed by atoms with van der Waals surface area (Å²) in [5, 5.41) is 12.8. The van der Waals surface area contributed by atoms with Crippen LogP contribution < -0.4 is 5.32 Å². The smallest absolute Gasteiger partial charge is 0.0590 e. The highest BCUT2D eigenvalue weighted by Gasteiger charge is 2.27. The SMILES string of the molecule is CCCCCCCCc1ccc([C@H]2CCN[C@@H]2CO)cc1. The van der Waals surface area contributed by atoms with E-state index in [1.54, 1.807) is 0 Å². The fourth-order valence-electron chi connectivity index (χ4n) is 3.40. The summed E-state index contributed by atoms with van der Waals surface area (Å²) in [4.78, 5) is 0. The van der Waals surface area contributed by atoms with Gasteiger partial charge >= 0.3 is 0 Å². The van der Waals surface area contributed by atoms with Gasteiger partial charge in [-0.25, -0.2) is 0 Å². The molecule has 0 unspecified atom stereocenters. The van der Waals surface area contributed by atoms with Crippen molar-refractivity contribution < 1.29 is 5.11 Å². The highest BCUT2D eigenvalue weighted by Crippen LogP contribution is 2.27. The van der Waals surface area contributed by atoms with E-state index in [4.69, 9.17) is 0 Å². The number of hydrogen-bond donors (Lipinski definition) is 2. The minimum atomic E-state index is 0.240. The molecule has 2 heteroatoms. The molecule has 1 aromatic carbocycles. The third-order valence-electron chi connectivity index (χ3n) is 4.77. The second kappa shape index (κ2) is 9.22. The molecule has 2 N–H and O–H groups in total. The highest BCUT2D eigenvalue weighted by molar-refractivity contribution is 5.27. The molecule has 0 spiro atoms. The van der Waals surface area contributed by atoms with Gasteiger partial charge in [0, 0.05) is 12.0 Å². The van der Waals surface area contributed by atoms with Gasteiger partial charge < -0.3 is 10.4 Å². The Morgan fingerprint density at radius 2 is 1.76 bits per heavy atom. The zero-order valence-electron chi connectivity index (χ0n) is 13.5. The number of benzene rings is 1. The number of nitrogens with one attached hydrogen (secondary N) is 1. The number of aryl methyl sites for hydroxylation is 1. The minimum Gasteiger partial charge on any atom is -0.395 e. The first-order chi connectivity index (χ1) is 10.3. The molecule has 1 aliphatic heterocycles. The molecular weight excluding hydrogens is 258 g/mol. The molecule has 0 amide bonds. The summed E-state index contributed by atoms with van der Waals surface area (Å²) in [5.41, 5.74) is 2.84. The molecule has 118 valence electrons. The largest absolute Gasteiger partial charge is 0.395 e. The van der Waals surface area contributed by atoms with E-state index in [1.807, 2.05) is 0 Å². The van der Waals surface area contributed by atoms with Crippen LogP contribution in [0.1, 0.15) is 68.9 Å². The second-order valence-corrected chi connectivity index (χ2v) is 6.40. The summed E-state index contributed by atoms with van der Waals surface area (Å²) >= 11 is 0. The third kappa shape index (κ3) is 5.12. The van der Waals surface area contributed by atoms with Gasteiger partial charge in [-0.15, -0.1) is 0 Å². The lowest BCUT2D eigenvalue weighted by Gasteiger charge is -2.17. The van der Waals surface area contributed by atoms with Crippen LogP contribution in [0, 0.1) is 0 Å². The Morgan fingerprint density at radius 1 is 1.05 bits per heavy atom. The summed E-state index contributed by atoms with van der Waals surface area (Å²) in [5.74, 6) is 0.484. The van der Waals surface area contributed by atoms with E-state index in [0.717, 1.165) is 13.0 Å². The van der Waals surface area contributed by atoms with Crippen LogP contribution >= 0.6 is 0 Å². The van der Waals surface area contributed by atoms with Crippen molar-refractivity contribution in [3.63, 3.8) is 0 Å². The second-order valence-electron chi connectivity index (χ2n) is 6.40. The van der Waals surface area contributed by atoms with E-state index in [-0.39, 0.29) is 12.6 Å². The van der Waals surface area contributed by atoms with E-state index in [1.165, 1.54) is 56.1 Å². The van der Waals surface area contributed by atoms with Crippen molar-refractivity contribution in [1.29, 1.82) is 0 Å². The Kier molecular flexibility index (Phi) is 7.25. The molecule has 0 radical (unpaired) electrons. The lowest BCUT2D eigenvalue weighted by molar-refractivity contribution is 0.245. The Morgan fingerprint density at radius 3 is 2.48 bits per heavy atom. The first-order valence-corrected chi connectivity index (χ1v) is 8.78. The Hall–Kier alpha value is -0.860. The van der Waals surface area contributed by atoms with Crippen LogP contribution in [0.25, 0.3) is 0 Å². The normalized spacial score (nSPS) is 21.8. The Balaban J connectivity index is 1.74. The summed E-state index contributed by atoms with van der Waals surface area (Å²) in [7, 11) is 0. The van der Waals surface area contributed by atoms with E-state index in [2.05, 4.69) is 36.5 Å². The summed E-state index contributed by atoms with van der Waals surface area (Å²) < 4.78 is 0. The van der Waals surface area contributed by atoms with Crippen LogP contribution in [0.5, 0.6) is 0 Å². The van der Waals surface area contributed by atoms with E-state index in [9.17, 15) is 5.11 Å².